The number of hydrogen-bond acceptors (Lipinski definition) is 5. The van der Waals surface area contributed by atoms with Crippen LogP contribution in [-0.2, 0) is 9.59 Å². The van der Waals surface area contributed by atoms with Crippen molar-refractivity contribution in [2.75, 3.05) is 5.32 Å². The Bertz CT molecular complexity index is 1030. The normalized spacial score (nSPS) is 14.5. The van der Waals surface area contributed by atoms with Gasteiger partial charge in [-0.2, -0.15) is 0 Å². The van der Waals surface area contributed by atoms with Crippen LogP contribution in [0.1, 0.15) is 54.6 Å². The molecular weight excluding hydrogens is 441 g/mol. The number of Topliss-reactive ketones (excluding diaryl/α,β-unsaturated/α-hetero) is 1. The number of benzene rings is 1. The number of halogens is 2. The van der Waals surface area contributed by atoms with Gasteiger partial charge >= 0.3 is 5.97 Å². The summed E-state index contributed by atoms with van der Waals surface area (Å²) >= 11 is 12.1. The van der Waals surface area contributed by atoms with Crippen molar-refractivity contribution in [2.24, 2.45) is 0 Å². The lowest BCUT2D eigenvalue weighted by molar-refractivity contribution is -0.137. The summed E-state index contributed by atoms with van der Waals surface area (Å²) in [5.41, 5.74) is 2.83. The summed E-state index contributed by atoms with van der Waals surface area (Å²) in [5, 5.41) is 15.7. The van der Waals surface area contributed by atoms with Gasteiger partial charge in [0.2, 0.25) is 0 Å². The molecule has 0 bridgehead atoms. The molecule has 1 heterocycles. The molecule has 1 aliphatic rings. The first kappa shape index (κ1) is 22.8. The van der Waals surface area contributed by atoms with Gasteiger partial charge in [-0.3, -0.25) is 19.4 Å². The molecule has 1 aromatic carbocycles. The molecule has 0 spiro atoms. The average Bonchev–Trinajstić information content (AvgIpc) is 3.09. The zero-order valence-corrected chi connectivity index (χ0v) is 18.3. The first-order valence-electron chi connectivity index (χ1n) is 9.74. The molecule has 7 nitrogen and oxygen atoms in total. The zero-order chi connectivity index (χ0) is 22.5. The first-order chi connectivity index (χ1) is 14.8. The van der Waals surface area contributed by atoms with Gasteiger partial charge in [0, 0.05) is 35.6 Å². The highest BCUT2D eigenvalue weighted by Gasteiger charge is 2.25. The van der Waals surface area contributed by atoms with Gasteiger partial charge in [0.1, 0.15) is 0 Å². The van der Waals surface area contributed by atoms with E-state index in [1.165, 1.54) is 12.4 Å². The third-order valence-corrected chi connectivity index (χ3v) is 5.62. The molecule has 0 aliphatic heterocycles. The number of rotatable bonds is 8. The number of pyridine rings is 1. The van der Waals surface area contributed by atoms with E-state index in [4.69, 9.17) is 23.2 Å². The Morgan fingerprint density at radius 1 is 1.13 bits per heavy atom. The molecule has 0 radical (unpaired) electrons. The number of aliphatic carboxylic acids is 1. The Morgan fingerprint density at radius 2 is 1.77 bits per heavy atom. The number of nitrogens with one attached hydrogen (secondary N) is 2. The summed E-state index contributed by atoms with van der Waals surface area (Å²) in [6.07, 6.45) is 4.20. The van der Waals surface area contributed by atoms with E-state index in [-0.39, 0.29) is 27.9 Å². The van der Waals surface area contributed by atoms with Gasteiger partial charge < -0.3 is 15.7 Å². The molecule has 162 valence electrons. The van der Waals surface area contributed by atoms with Crippen molar-refractivity contribution in [1.82, 2.24) is 10.3 Å². The molecule has 1 atom stereocenters. The van der Waals surface area contributed by atoms with E-state index in [1.54, 1.807) is 24.3 Å². The minimum absolute atomic E-state index is 0.0968. The summed E-state index contributed by atoms with van der Waals surface area (Å²) in [6.45, 7) is 1.90. The minimum atomic E-state index is -0.968. The van der Waals surface area contributed by atoms with E-state index in [0.29, 0.717) is 30.4 Å². The maximum absolute atomic E-state index is 12.6. The number of amides is 1. The SMILES string of the molecule is CCC1=C(NC(CC(=O)O)c2ccc(C(=O)Nc3c(Cl)cncc3Cl)cc2)CCC1=O. The third-order valence-electron chi connectivity index (χ3n) is 5.05. The topological polar surface area (TPSA) is 108 Å². The van der Waals surface area contributed by atoms with Gasteiger partial charge in [-0.1, -0.05) is 42.3 Å². The van der Waals surface area contributed by atoms with Crippen LogP contribution in [0, 0.1) is 0 Å². The van der Waals surface area contributed by atoms with Crippen molar-refractivity contribution in [3.8, 4) is 0 Å². The summed E-state index contributed by atoms with van der Waals surface area (Å²) in [4.78, 5) is 39.8. The van der Waals surface area contributed by atoms with E-state index in [9.17, 15) is 19.5 Å². The molecule has 0 fully saturated rings. The van der Waals surface area contributed by atoms with Crippen LogP contribution in [0.4, 0.5) is 5.69 Å². The molecule has 2 aromatic rings. The Labute approximate surface area is 189 Å². The van der Waals surface area contributed by atoms with Crippen molar-refractivity contribution in [2.45, 2.75) is 38.6 Å². The van der Waals surface area contributed by atoms with E-state index in [2.05, 4.69) is 15.6 Å². The van der Waals surface area contributed by atoms with Crippen LogP contribution in [0.25, 0.3) is 0 Å². The van der Waals surface area contributed by atoms with Crippen molar-refractivity contribution in [3.05, 3.63) is 69.1 Å². The minimum Gasteiger partial charge on any atom is -0.481 e. The van der Waals surface area contributed by atoms with E-state index < -0.39 is 17.9 Å². The first-order valence-corrected chi connectivity index (χ1v) is 10.5. The van der Waals surface area contributed by atoms with Gasteiger partial charge in [-0.05, 0) is 30.5 Å². The van der Waals surface area contributed by atoms with Crippen molar-refractivity contribution >= 4 is 46.5 Å². The van der Waals surface area contributed by atoms with Crippen LogP contribution in [0.2, 0.25) is 10.0 Å². The number of ketones is 1. The average molecular weight is 462 g/mol. The van der Waals surface area contributed by atoms with Crippen LogP contribution >= 0.6 is 23.2 Å². The second-order valence-corrected chi connectivity index (χ2v) is 7.90. The van der Waals surface area contributed by atoms with Crippen molar-refractivity contribution < 1.29 is 19.5 Å². The van der Waals surface area contributed by atoms with Crippen LogP contribution in [0.5, 0.6) is 0 Å². The molecule has 1 aromatic heterocycles. The summed E-state index contributed by atoms with van der Waals surface area (Å²) in [6, 6.07) is 6.04. The van der Waals surface area contributed by atoms with Gasteiger partial charge in [0.25, 0.3) is 5.91 Å². The molecule has 0 saturated carbocycles. The molecule has 31 heavy (non-hydrogen) atoms. The Balaban J connectivity index is 1.79. The second-order valence-electron chi connectivity index (χ2n) is 7.08. The molecule has 1 unspecified atom stereocenters. The second kappa shape index (κ2) is 9.94. The number of aromatic nitrogens is 1. The van der Waals surface area contributed by atoms with Crippen molar-refractivity contribution in [1.29, 1.82) is 0 Å². The predicted molar refractivity (Wildman–Crippen MR) is 118 cm³/mol. The highest BCUT2D eigenvalue weighted by atomic mass is 35.5. The summed E-state index contributed by atoms with van der Waals surface area (Å²) < 4.78 is 0. The Morgan fingerprint density at radius 3 is 2.35 bits per heavy atom. The number of hydrogen-bond donors (Lipinski definition) is 3. The fourth-order valence-corrected chi connectivity index (χ4v) is 3.96. The van der Waals surface area contributed by atoms with Crippen LogP contribution < -0.4 is 10.6 Å². The smallest absolute Gasteiger partial charge is 0.305 e. The van der Waals surface area contributed by atoms with Crippen LogP contribution in [-0.4, -0.2) is 27.8 Å². The van der Waals surface area contributed by atoms with Gasteiger partial charge in [0.05, 0.1) is 28.2 Å². The quantitative estimate of drug-likeness (QED) is 0.522. The highest BCUT2D eigenvalue weighted by Crippen LogP contribution is 2.30. The standard InChI is InChI=1S/C22H21Cl2N3O4/c1-2-14-17(7-8-19(14)28)26-18(9-20(29)30)12-3-5-13(6-4-12)22(31)27-21-15(23)10-25-11-16(21)24/h3-6,10-11,18,26H,2,7-9H2,1H3,(H,29,30)(H,25,27,31). The lowest BCUT2D eigenvalue weighted by Gasteiger charge is -2.21. The molecule has 0 saturated heterocycles. The molecule has 1 amide bonds. The largest absolute Gasteiger partial charge is 0.481 e. The van der Waals surface area contributed by atoms with Gasteiger partial charge in [0.15, 0.2) is 5.78 Å². The Kier molecular flexibility index (Phi) is 7.30. The molecule has 3 rings (SSSR count). The zero-order valence-electron chi connectivity index (χ0n) is 16.7. The van der Waals surface area contributed by atoms with Gasteiger partial charge in [-0.15, -0.1) is 0 Å². The van der Waals surface area contributed by atoms with E-state index >= 15 is 0 Å². The third kappa shape index (κ3) is 5.42. The summed E-state index contributed by atoms with van der Waals surface area (Å²) in [7, 11) is 0. The Hall–Kier alpha value is -2.90. The van der Waals surface area contributed by atoms with E-state index in [1.807, 2.05) is 6.92 Å². The fraction of sp³-hybridized carbons (Fsp3) is 0.273. The summed E-state index contributed by atoms with van der Waals surface area (Å²) in [5.74, 6) is -1.29. The molecule has 9 heteroatoms. The lowest BCUT2D eigenvalue weighted by Crippen LogP contribution is -2.24. The number of carbonyl (C=O) groups is 3. The lowest BCUT2D eigenvalue weighted by atomic mass is 10.0. The number of anilines is 1. The van der Waals surface area contributed by atoms with Gasteiger partial charge in [-0.25, -0.2) is 0 Å². The number of carboxylic acid groups (broad SMARTS) is 1. The van der Waals surface area contributed by atoms with Crippen LogP contribution in [0.15, 0.2) is 47.9 Å². The number of allylic oxidation sites excluding steroid dienone is 2. The van der Waals surface area contributed by atoms with Crippen LogP contribution in [0.3, 0.4) is 0 Å². The molecular formula is C22H21Cl2N3O4. The number of carboxylic acids is 1. The maximum atomic E-state index is 12.6. The monoisotopic (exact) mass is 461 g/mol. The highest BCUT2D eigenvalue weighted by molar-refractivity contribution is 6.39. The number of carbonyl (C=O) groups excluding carboxylic acids is 2. The molecule has 1 aliphatic carbocycles. The van der Waals surface area contributed by atoms with E-state index in [0.717, 1.165) is 11.3 Å². The predicted octanol–water partition coefficient (Wildman–Crippen LogP) is 4.77. The fourth-order valence-electron chi connectivity index (χ4n) is 3.50. The maximum Gasteiger partial charge on any atom is 0.305 e. The number of nitrogens with zero attached hydrogens (tertiary/aromatic N) is 1. The van der Waals surface area contributed by atoms with Crippen molar-refractivity contribution in [3.63, 3.8) is 0 Å². The molecule has 3 N–H and O–H groups in total.